The number of benzene rings is 2. The second-order valence-electron chi connectivity index (χ2n) is 6.19. The Bertz CT molecular complexity index is 954. The molecule has 0 spiro atoms. The maximum Gasteiger partial charge on any atom is 0.150 e. The molecule has 30 heavy (non-hydrogen) atoms. The average Bonchev–Trinajstić information content (AvgIpc) is 2.70. The molecule has 0 atom stereocenters. The van der Waals surface area contributed by atoms with E-state index in [9.17, 15) is 0 Å². The smallest absolute Gasteiger partial charge is 0.150 e. The van der Waals surface area contributed by atoms with Crippen molar-refractivity contribution in [2.24, 2.45) is 20.9 Å². The molecule has 0 aliphatic rings. The number of hydrogen-bond donors (Lipinski definition) is 3. The maximum absolute atomic E-state index is 5.90. The fourth-order valence-corrected chi connectivity index (χ4v) is 2.49. The van der Waals surface area contributed by atoms with Crippen LogP contribution in [0.4, 0.5) is 0 Å². The van der Waals surface area contributed by atoms with Gasteiger partial charge in [0.25, 0.3) is 0 Å². The average molecular weight is 443 g/mol. The number of nitrogens with two attached hydrogens (primary N) is 1. The lowest BCUT2D eigenvalue weighted by atomic mass is 10.2. The Morgan fingerprint density at radius 1 is 0.900 bits per heavy atom. The van der Waals surface area contributed by atoms with Crippen LogP contribution in [0.3, 0.4) is 0 Å². The molecule has 6 nitrogen and oxygen atoms in total. The van der Waals surface area contributed by atoms with E-state index in [1.54, 1.807) is 37.6 Å². The summed E-state index contributed by atoms with van der Waals surface area (Å²) < 4.78 is 0. The first-order valence-electron chi connectivity index (χ1n) is 9.28. The third-order valence-corrected chi connectivity index (χ3v) is 4.06. The number of rotatable bonds is 9. The van der Waals surface area contributed by atoms with Crippen LogP contribution in [0.15, 0.2) is 87.4 Å². The van der Waals surface area contributed by atoms with Crippen molar-refractivity contribution in [2.75, 3.05) is 0 Å². The summed E-state index contributed by atoms with van der Waals surface area (Å²) in [5, 5.41) is 9.84. The van der Waals surface area contributed by atoms with Gasteiger partial charge < -0.3 is 5.73 Å². The highest BCUT2D eigenvalue weighted by Crippen LogP contribution is 2.09. The molecule has 0 heterocycles. The SMILES string of the molecule is CC/C=C(/C=C(\N=C(C)N)N/N=C/c1ccc(Cl)cc1)N/N=C/c1ccc(Cl)cc1. The van der Waals surface area contributed by atoms with E-state index in [1.807, 2.05) is 49.4 Å². The van der Waals surface area contributed by atoms with E-state index in [0.29, 0.717) is 21.7 Å². The lowest BCUT2D eigenvalue weighted by Gasteiger charge is -2.06. The normalized spacial score (nSPS) is 13.3. The van der Waals surface area contributed by atoms with Gasteiger partial charge in [0.2, 0.25) is 0 Å². The highest BCUT2D eigenvalue weighted by atomic mass is 35.5. The molecule has 0 unspecified atom stereocenters. The van der Waals surface area contributed by atoms with Gasteiger partial charge in [-0.25, -0.2) is 4.99 Å². The number of allylic oxidation sites excluding steroid dienone is 2. The molecular weight excluding hydrogens is 419 g/mol. The van der Waals surface area contributed by atoms with Crippen molar-refractivity contribution in [1.82, 2.24) is 10.9 Å². The van der Waals surface area contributed by atoms with Gasteiger partial charge in [-0.15, -0.1) is 0 Å². The Morgan fingerprint density at radius 2 is 1.40 bits per heavy atom. The molecule has 2 aromatic carbocycles. The number of nitrogens with zero attached hydrogens (tertiary/aromatic N) is 3. The number of halogens is 2. The summed E-state index contributed by atoms with van der Waals surface area (Å²) in [5.74, 6) is 0.866. The summed E-state index contributed by atoms with van der Waals surface area (Å²) in [6, 6.07) is 14.7. The van der Waals surface area contributed by atoms with Crippen LogP contribution in [-0.2, 0) is 0 Å². The molecule has 2 rings (SSSR count). The maximum atomic E-state index is 5.90. The van der Waals surface area contributed by atoms with Crippen LogP contribution in [0.2, 0.25) is 10.0 Å². The van der Waals surface area contributed by atoms with Gasteiger partial charge in [-0.1, -0.05) is 60.5 Å². The largest absolute Gasteiger partial charge is 0.387 e. The molecule has 8 heteroatoms. The summed E-state index contributed by atoms with van der Waals surface area (Å²) in [6.07, 6.45) is 7.93. The zero-order valence-corrected chi connectivity index (χ0v) is 18.3. The van der Waals surface area contributed by atoms with Crippen molar-refractivity contribution < 1.29 is 0 Å². The van der Waals surface area contributed by atoms with E-state index in [4.69, 9.17) is 28.9 Å². The zero-order chi connectivity index (χ0) is 21.8. The molecule has 4 N–H and O–H groups in total. The highest BCUT2D eigenvalue weighted by Gasteiger charge is 1.98. The fourth-order valence-electron chi connectivity index (χ4n) is 2.24. The minimum absolute atomic E-state index is 0.399. The Kier molecular flexibility index (Phi) is 9.64. The van der Waals surface area contributed by atoms with Crippen LogP contribution in [0.5, 0.6) is 0 Å². The van der Waals surface area contributed by atoms with Crippen LogP contribution >= 0.6 is 23.2 Å². The molecule has 0 bridgehead atoms. The summed E-state index contributed by atoms with van der Waals surface area (Å²) in [5.41, 5.74) is 14.2. The molecule has 0 aromatic heterocycles. The lowest BCUT2D eigenvalue weighted by Crippen LogP contribution is -2.13. The number of amidine groups is 1. The minimum Gasteiger partial charge on any atom is -0.387 e. The molecule has 0 aliphatic heterocycles. The molecule has 0 aliphatic carbocycles. The molecule has 0 saturated heterocycles. The number of nitrogens with one attached hydrogen (secondary N) is 2. The molecule has 156 valence electrons. The number of hydrogen-bond acceptors (Lipinski definition) is 5. The van der Waals surface area contributed by atoms with E-state index >= 15 is 0 Å². The predicted octanol–water partition coefficient (Wildman–Crippen LogP) is 5.05. The monoisotopic (exact) mass is 442 g/mol. The molecule has 2 aromatic rings. The first kappa shape index (κ1) is 23.2. The van der Waals surface area contributed by atoms with E-state index < -0.39 is 0 Å². The van der Waals surface area contributed by atoms with Crippen molar-refractivity contribution in [3.63, 3.8) is 0 Å². The quantitative estimate of drug-likeness (QED) is 0.219. The van der Waals surface area contributed by atoms with Crippen molar-refractivity contribution in [3.05, 3.63) is 93.4 Å². The van der Waals surface area contributed by atoms with E-state index in [1.165, 1.54) is 0 Å². The van der Waals surface area contributed by atoms with Crippen LogP contribution in [0.25, 0.3) is 0 Å². The van der Waals surface area contributed by atoms with Crippen LogP contribution in [0.1, 0.15) is 31.4 Å². The summed E-state index contributed by atoms with van der Waals surface area (Å²) in [6.45, 7) is 3.73. The topological polar surface area (TPSA) is 87.2 Å². The second-order valence-corrected chi connectivity index (χ2v) is 7.07. The molecule has 0 saturated carbocycles. The van der Waals surface area contributed by atoms with Crippen LogP contribution in [0, 0.1) is 0 Å². The van der Waals surface area contributed by atoms with Crippen LogP contribution in [-0.4, -0.2) is 18.3 Å². The van der Waals surface area contributed by atoms with Gasteiger partial charge in [0.05, 0.1) is 24.0 Å². The van der Waals surface area contributed by atoms with Crippen molar-refractivity contribution in [3.8, 4) is 0 Å². The molecule has 0 fully saturated rings. The van der Waals surface area contributed by atoms with E-state index in [2.05, 4.69) is 26.0 Å². The Hall–Kier alpha value is -3.09. The molecular formula is C22H24Cl2N6. The van der Waals surface area contributed by atoms with Gasteiger partial charge in [0.15, 0.2) is 0 Å². The number of aliphatic imine (C=N–C) groups is 1. The molecule has 0 amide bonds. The Balaban J connectivity index is 2.11. The third kappa shape index (κ3) is 8.94. The van der Waals surface area contributed by atoms with Gasteiger partial charge in [-0.2, -0.15) is 10.2 Å². The van der Waals surface area contributed by atoms with Gasteiger partial charge >= 0.3 is 0 Å². The highest BCUT2D eigenvalue weighted by molar-refractivity contribution is 6.30. The number of hydrazone groups is 2. The van der Waals surface area contributed by atoms with Gasteiger partial charge in [0, 0.05) is 16.1 Å². The standard InChI is InChI=1S/C22H24Cl2N6/c1-3-4-21(29-26-14-17-5-9-19(23)10-6-17)13-22(28-16(2)25)30-27-15-18-7-11-20(24)12-8-18/h4-15,29-30H,3H2,1-2H3,(H2,25,28)/b21-4-,22-13+,26-14+,27-15+. The fraction of sp³-hybridized carbons (Fsp3) is 0.136. The lowest BCUT2D eigenvalue weighted by molar-refractivity contribution is 0.851. The summed E-state index contributed by atoms with van der Waals surface area (Å²) >= 11 is 11.8. The van der Waals surface area contributed by atoms with E-state index in [0.717, 1.165) is 23.2 Å². The van der Waals surface area contributed by atoms with Crippen molar-refractivity contribution in [1.29, 1.82) is 0 Å². The zero-order valence-electron chi connectivity index (χ0n) is 16.8. The van der Waals surface area contributed by atoms with Gasteiger partial charge in [0.1, 0.15) is 5.82 Å². The third-order valence-electron chi connectivity index (χ3n) is 3.55. The van der Waals surface area contributed by atoms with E-state index in [-0.39, 0.29) is 0 Å². The summed E-state index contributed by atoms with van der Waals surface area (Å²) in [7, 11) is 0. The first-order chi connectivity index (χ1) is 14.5. The molecule has 0 radical (unpaired) electrons. The van der Waals surface area contributed by atoms with Crippen LogP contribution < -0.4 is 16.6 Å². The predicted molar refractivity (Wildman–Crippen MR) is 128 cm³/mol. The van der Waals surface area contributed by atoms with Crippen molar-refractivity contribution in [2.45, 2.75) is 20.3 Å². The van der Waals surface area contributed by atoms with Crippen molar-refractivity contribution >= 4 is 41.5 Å². The first-order valence-corrected chi connectivity index (χ1v) is 10.0. The summed E-state index contributed by atoms with van der Waals surface area (Å²) in [4.78, 5) is 4.28. The minimum atomic E-state index is 0.399. The second kappa shape index (κ2) is 12.5. The van der Waals surface area contributed by atoms with Gasteiger partial charge in [-0.3, -0.25) is 10.9 Å². The Morgan fingerprint density at radius 3 is 1.87 bits per heavy atom. The Labute approximate surface area is 186 Å². The van der Waals surface area contributed by atoms with Gasteiger partial charge in [-0.05, 0) is 48.7 Å².